The largest absolute Gasteiger partial charge is 0.482 e. The second-order valence-electron chi connectivity index (χ2n) is 4.61. The predicted molar refractivity (Wildman–Crippen MR) is 70.7 cm³/mol. The number of halogens is 2. The van der Waals surface area contributed by atoms with Crippen LogP contribution < -0.4 is 10.5 Å². The molecule has 104 valence electrons. The van der Waals surface area contributed by atoms with Gasteiger partial charge >= 0.3 is 0 Å². The number of hydrogen-bond acceptors (Lipinski definition) is 3. The molecule has 1 atom stereocenters. The molecule has 1 aromatic carbocycles. The Morgan fingerprint density at radius 1 is 1.58 bits per heavy atom. The van der Waals surface area contributed by atoms with E-state index in [9.17, 15) is 9.18 Å². The Labute approximate surface area is 116 Å². The van der Waals surface area contributed by atoms with E-state index in [0.29, 0.717) is 18.8 Å². The normalized spacial score (nSPS) is 19.3. The standard InChI is InChI=1S/C13H16ClFN2O2/c14-11-6-9(15)3-4-12(11)19-8-13(18)17-5-1-2-10(16)7-17/h3-4,6,10H,1-2,5,7-8,16H2. The van der Waals surface area contributed by atoms with Crippen LogP contribution in [0, 0.1) is 5.82 Å². The van der Waals surface area contributed by atoms with E-state index in [-0.39, 0.29) is 23.6 Å². The summed E-state index contributed by atoms with van der Waals surface area (Å²) in [4.78, 5) is 13.6. The maximum atomic E-state index is 12.9. The van der Waals surface area contributed by atoms with Crippen LogP contribution in [0.1, 0.15) is 12.8 Å². The summed E-state index contributed by atoms with van der Waals surface area (Å²) in [6, 6.07) is 3.83. The molecule has 1 unspecified atom stereocenters. The molecule has 0 radical (unpaired) electrons. The molecule has 4 nitrogen and oxygen atoms in total. The second kappa shape index (κ2) is 6.21. The highest BCUT2D eigenvalue weighted by Crippen LogP contribution is 2.24. The van der Waals surface area contributed by atoms with E-state index < -0.39 is 5.82 Å². The number of carbonyl (C=O) groups excluding carboxylic acids is 1. The molecule has 1 aromatic rings. The molecule has 2 rings (SSSR count). The molecule has 0 bridgehead atoms. The van der Waals surface area contributed by atoms with Crippen molar-refractivity contribution in [3.8, 4) is 5.75 Å². The lowest BCUT2D eigenvalue weighted by Crippen LogP contribution is -2.47. The summed E-state index contributed by atoms with van der Waals surface area (Å²) < 4.78 is 18.2. The lowest BCUT2D eigenvalue weighted by atomic mass is 10.1. The highest BCUT2D eigenvalue weighted by Gasteiger charge is 2.21. The highest BCUT2D eigenvalue weighted by molar-refractivity contribution is 6.32. The fourth-order valence-corrected chi connectivity index (χ4v) is 2.28. The molecule has 1 aliphatic rings. The Kier molecular flexibility index (Phi) is 4.61. The minimum atomic E-state index is -0.439. The summed E-state index contributed by atoms with van der Waals surface area (Å²) in [5, 5.41) is 0.156. The van der Waals surface area contributed by atoms with Gasteiger partial charge in [-0.3, -0.25) is 4.79 Å². The van der Waals surface area contributed by atoms with Gasteiger partial charge in [-0.1, -0.05) is 11.6 Å². The Balaban J connectivity index is 1.89. The zero-order chi connectivity index (χ0) is 13.8. The molecule has 0 aliphatic carbocycles. The van der Waals surface area contributed by atoms with Crippen molar-refractivity contribution in [2.75, 3.05) is 19.7 Å². The molecule has 1 aliphatic heterocycles. The van der Waals surface area contributed by atoms with E-state index in [1.54, 1.807) is 4.90 Å². The number of likely N-dealkylation sites (tertiary alicyclic amines) is 1. The SMILES string of the molecule is NC1CCCN(C(=O)COc2ccc(F)cc2Cl)C1. The number of carbonyl (C=O) groups is 1. The third kappa shape index (κ3) is 3.81. The van der Waals surface area contributed by atoms with Crippen molar-refractivity contribution in [2.24, 2.45) is 5.73 Å². The van der Waals surface area contributed by atoms with E-state index >= 15 is 0 Å². The maximum absolute atomic E-state index is 12.9. The Morgan fingerprint density at radius 2 is 2.37 bits per heavy atom. The molecule has 1 saturated heterocycles. The lowest BCUT2D eigenvalue weighted by molar-refractivity contribution is -0.134. The van der Waals surface area contributed by atoms with Crippen LogP contribution in [0.4, 0.5) is 4.39 Å². The number of ether oxygens (including phenoxy) is 1. The monoisotopic (exact) mass is 286 g/mol. The summed E-state index contributed by atoms with van der Waals surface area (Å²) in [6.45, 7) is 1.14. The van der Waals surface area contributed by atoms with E-state index in [1.165, 1.54) is 12.1 Å². The van der Waals surface area contributed by atoms with Crippen molar-refractivity contribution in [1.29, 1.82) is 0 Å². The van der Waals surface area contributed by atoms with Gasteiger partial charge in [-0.05, 0) is 31.0 Å². The molecule has 1 amide bonds. The van der Waals surface area contributed by atoms with Crippen molar-refractivity contribution in [3.05, 3.63) is 29.0 Å². The molecule has 1 heterocycles. The Bertz CT molecular complexity index is 470. The smallest absolute Gasteiger partial charge is 0.260 e. The summed E-state index contributed by atoms with van der Waals surface area (Å²) >= 11 is 5.81. The Morgan fingerprint density at radius 3 is 3.05 bits per heavy atom. The van der Waals surface area contributed by atoms with Crippen LogP contribution in [-0.2, 0) is 4.79 Å². The summed E-state index contributed by atoms with van der Waals surface area (Å²) in [5.74, 6) is -0.265. The van der Waals surface area contributed by atoms with Crippen LogP contribution in [0.25, 0.3) is 0 Å². The van der Waals surface area contributed by atoms with Crippen molar-refractivity contribution in [3.63, 3.8) is 0 Å². The minimum Gasteiger partial charge on any atom is -0.482 e. The topological polar surface area (TPSA) is 55.6 Å². The number of nitrogens with two attached hydrogens (primary N) is 1. The first-order valence-corrected chi connectivity index (χ1v) is 6.55. The van der Waals surface area contributed by atoms with E-state index in [4.69, 9.17) is 22.1 Å². The molecular formula is C13H16ClFN2O2. The molecular weight excluding hydrogens is 271 g/mol. The van der Waals surface area contributed by atoms with Crippen LogP contribution in [0.15, 0.2) is 18.2 Å². The number of amides is 1. The average Bonchev–Trinajstić information content (AvgIpc) is 2.37. The molecule has 1 fully saturated rings. The number of nitrogens with zero attached hydrogens (tertiary/aromatic N) is 1. The summed E-state index contributed by atoms with van der Waals surface area (Å²) in [7, 11) is 0. The van der Waals surface area contributed by atoms with Gasteiger partial charge in [-0.15, -0.1) is 0 Å². The van der Waals surface area contributed by atoms with Crippen molar-refractivity contribution in [2.45, 2.75) is 18.9 Å². The molecule has 6 heteroatoms. The molecule has 0 spiro atoms. The number of benzene rings is 1. The van der Waals surface area contributed by atoms with E-state index in [2.05, 4.69) is 0 Å². The van der Waals surface area contributed by atoms with Gasteiger partial charge in [0.25, 0.3) is 5.91 Å². The van der Waals surface area contributed by atoms with Gasteiger partial charge in [0.15, 0.2) is 6.61 Å². The third-order valence-electron chi connectivity index (χ3n) is 3.06. The van der Waals surface area contributed by atoms with Gasteiger partial charge in [0.05, 0.1) is 5.02 Å². The van der Waals surface area contributed by atoms with Gasteiger partial charge in [0.1, 0.15) is 11.6 Å². The quantitative estimate of drug-likeness (QED) is 0.922. The van der Waals surface area contributed by atoms with Gasteiger partial charge in [-0.25, -0.2) is 4.39 Å². The zero-order valence-corrected chi connectivity index (χ0v) is 11.2. The molecule has 19 heavy (non-hydrogen) atoms. The number of piperidine rings is 1. The fourth-order valence-electron chi connectivity index (χ4n) is 2.06. The minimum absolute atomic E-state index is 0.0344. The van der Waals surface area contributed by atoms with Crippen molar-refractivity contribution < 1.29 is 13.9 Å². The van der Waals surface area contributed by atoms with Gasteiger partial charge in [0, 0.05) is 19.1 Å². The number of rotatable bonds is 3. The first kappa shape index (κ1) is 14.1. The third-order valence-corrected chi connectivity index (χ3v) is 3.35. The van der Waals surface area contributed by atoms with Crippen LogP contribution in [-0.4, -0.2) is 36.5 Å². The molecule has 2 N–H and O–H groups in total. The zero-order valence-electron chi connectivity index (χ0n) is 10.4. The van der Waals surface area contributed by atoms with Crippen LogP contribution in [0.3, 0.4) is 0 Å². The van der Waals surface area contributed by atoms with Crippen LogP contribution in [0.2, 0.25) is 5.02 Å². The van der Waals surface area contributed by atoms with Gasteiger partial charge in [-0.2, -0.15) is 0 Å². The summed E-state index contributed by atoms with van der Waals surface area (Å²) in [6.07, 6.45) is 1.85. The Hall–Kier alpha value is -1.33. The van der Waals surface area contributed by atoms with E-state index in [0.717, 1.165) is 18.9 Å². The van der Waals surface area contributed by atoms with Crippen LogP contribution in [0.5, 0.6) is 5.75 Å². The van der Waals surface area contributed by atoms with Gasteiger partial charge in [0.2, 0.25) is 0 Å². The predicted octanol–water partition coefficient (Wildman–Crippen LogP) is 1.81. The lowest BCUT2D eigenvalue weighted by Gasteiger charge is -2.30. The average molecular weight is 287 g/mol. The first-order valence-electron chi connectivity index (χ1n) is 6.17. The molecule has 0 aromatic heterocycles. The highest BCUT2D eigenvalue weighted by atomic mass is 35.5. The summed E-state index contributed by atoms with van der Waals surface area (Å²) in [5.41, 5.74) is 5.81. The first-order chi connectivity index (χ1) is 9.06. The van der Waals surface area contributed by atoms with Crippen LogP contribution >= 0.6 is 11.6 Å². The van der Waals surface area contributed by atoms with E-state index in [1.807, 2.05) is 0 Å². The fraction of sp³-hybridized carbons (Fsp3) is 0.462. The van der Waals surface area contributed by atoms with Gasteiger partial charge < -0.3 is 15.4 Å². The molecule has 0 saturated carbocycles. The maximum Gasteiger partial charge on any atom is 0.260 e. The number of hydrogen-bond donors (Lipinski definition) is 1. The second-order valence-corrected chi connectivity index (χ2v) is 5.01. The van der Waals surface area contributed by atoms with Crippen molar-refractivity contribution >= 4 is 17.5 Å². The van der Waals surface area contributed by atoms with Crippen molar-refractivity contribution in [1.82, 2.24) is 4.90 Å².